The third kappa shape index (κ3) is 9.95. The zero-order valence-electron chi connectivity index (χ0n) is 28.1. The van der Waals surface area contributed by atoms with Crippen LogP contribution >= 0.6 is 0 Å². The molecule has 0 spiro atoms. The number of aryl methyl sites for hydroxylation is 1. The summed E-state index contributed by atoms with van der Waals surface area (Å²) in [4.78, 5) is 26.5. The maximum atomic E-state index is 12.2. The third-order valence-electron chi connectivity index (χ3n) is 9.61. The number of fused-ring (bicyclic) bond motifs is 1. The van der Waals surface area contributed by atoms with Gasteiger partial charge in [-0.25, -0.2) is 4.79 Å². The predicted molar refractivity (Wildman–Crippen MR) is 185 cm³/mol. The maximum Gasteiger partial charge on any atom is 0.337 e. The first-order chi connectivity index (χ1) is 23.0. The topological polar surface area (TPSA) is 65.1 Å². The van der Waals surface area contributed by atoms with Crippen LogP contribution in [0.25, 0.3) is 0 Å². The van der Waals surface area contributed by atoms with Crippen LogP contribution in [0.15, 0.2) is 66.7 Å². The van der Waals surface area contributed by atoms with E-state index in [1.165, 1.54) is 63.0 Å². The molecule has 47 heavy (non-hydrogen) atoms. The Kier molecular flexibility index (Phi) is 12.9. The number of unbranched alkanes of at least 4 members (excludes halogenated alkanes) is 1. The van der Waals surface area contributed by atoms with E-state index in [1.807, 2.05) is 18.2 Å². The van der Waals surface area contributed by atoms with E-state index in [-0.39, 0.29) is 18.0 Å². The number of esters is 2. The minimum absolute atomic E-state index is 0.164. The summed E-state index contributed by atoms with van der Waals surface area (Å²) in [6, 6.07) is 23.0. The molecule has 1 unspecified atom stereocenters. The third-order valence-corrected chi connectivity index (χ3v) is 9.61. The minimum Gasteiger partial charge on any atom is -0.489 e. The molecule has 3 aromatic carbocycles. The molecule has 0 bridgehead atoms. The lowest BCUT2D eigenvalue weighted by Crippen LogP contribution is -2.34. The average molecular weight is 636 g/mol. The Morgan fingerprint density at radius 3 is 2.45 bits per heavy atom. The molecule has 0 amide bonds. The van der Waals surface area contributed by atoms with E-state index in [4.69, 9.17) is 14.2 Å². The SMILES string of the molecule is COC(=O)CCCCN(CCc1ccccc1OCc1ccc(C#CC2CCCCC2)cc1)C1CCCc2cc(C(=O)OC)ccc21. The van der Waals surface area contributed by atoms with Crippen LogP contribution in [0.2, 0.25) is 0 Å². The van der Waals surface area contributed by atoms with Crippen molar-refractivity contribution in [3.8, 4) is 17.6 Å². The molecule has 6 heteroatoms. The molecular weight excluding hydrogens is 586 g/mol. The van der Waals surface area contributed by atoms with Crippen LogP contribution in [-0.4, -0.2) is 44.1 Å². The molecule has 0 aromatic heterocycles. The van der Waals surface area contributed by atoms with Gasteiger partial charge in [-0.15, -0.1) is 0 Å². The van der Waals surface area contributed by atoms with Crippen LogP contribution in [0.1, 0.15) is 108 Å². The van der Waals surface area contributed by atoms with Gasteiger partial charge in [-0.05, 0) is 110 Å². The van der Waals surface area contributed by atoms with E-state index in [1.54, 1.807) is 0 Å². The first kappa shape index (κ1) is 34.3. The Balaban J connectivity index is 1.24. The Hall–Kier alpha value is -4.08. The molecule has 6 nitrogen and oxygen atoms in total. The van der Waals surface area contributed by atoms with Gasteiger partial charge in [0, 0.05) is 30.5 Å². The molecule has 0 N–H and O–H groups in total. The number of hydrogen-bond donors (Lipinski definition) is 0. The van der Waals surface area contributed by atoms with Gasteiger partial charge in [-0.3, -0.25) is 9.69 Å². The second-order valence-electron chi connectivity index (χ2n) is 12.8. The van der Waals surface area contributed by atoms with Crippen LogP contribution < -0.4 is 4.74 Å². The number of hydrogen-bond acceptors (Lipinski definition) is 6. The van der Waals surface area contributed by atoms with Crippen LogP contribution in [0, 0.1) is 17.8 Å². The molecule has 1 fully saturated rings. The van der Waals surface area contributed by atoms with Gasteiger partial charge in [0.15, 0.2) is 0 Å². The molecule has 0 aliphatic heterocycles. The minimum atomic E-state index is -0.300. The van der Waals surface area contributed by atoms with Crippen molar-refractivity contribution in [1.29, 1.82) is 0 Å². The predicted octanol–water partition coefficient (Wildman–Crippen LogP) is 8.25. The van der Waals surface area contributed by atoms with E-state index in [0.717, 1.165) is 68.5 Å². The Morgan fingerprint density at radius 1 is 0.851 bits per heavy atom. The van der Waals surface area contributed by atoms with Gasteiger partial charge in [-0.1, -0.05) is 67.5 Å². The van der Waals surface area contributed by atoms with E-state index < -0.39 is 0 Å². The summed E-state index contributed by atoms with van der Waals surface area (Å²) in [5.41, 5.74) is 6.48. The number of para-hydroxylation sites is 1. The van der Waals surface area contributed by atoms with E-state index >= 15 is 0 Å². The van der Waals surface area contributed by atoms with Gasteiger partial charge in [-0.2, -0.15) is 0 Å². The van der Waals surface area contributed by atoms with Crippen LogP contribution in [0.5, 0.6) is 5.75 Å². The lowest BCUT2D eigenvalue weighted by Gasteiger charge is -2.36. The van der Waals surface area contributed by atoms with Crippen molar-refractivity contribution < 1.29 is 23.8 Å². The molecule has 1 saturated carbocycles. The van der Waals surface area contributed by atoms with Gasteiger partial charge >= 0.3 is 11.9 Å². The number of benzene rings is 3. The highest BCUT2D eigenvalue weighted by Crippen LogP contribution is 2.36. The maximum absolute atomic E-state index is 12.2. The lowest BCUT2D eigenvalue weighted by atomic mass is 9.85. The van der Waals surface area contributed by atoms with Crippen LogP contribution in [0.4, 0.5) is 0 Å². The number of carbonyl (C=O) groups is 2. The summed E-state index contributed by atoms with van der Waals surface area (Å²) in [5.74, 6) is 7.86. The lowest BCUT2D eigenvalue weighted by molar-refractivity contribution is -0.140. The number of carbonyl (C=O) groups excluding carboxylic acids is 2. The molecule has 2 aliphatic rings. The first-order valence-electron chi connectivity index (χ1n) is 17.4. The summed E-state index contributed by atoms with van der Waals surface area (Å²) in [6.07, 6.45) is 12.5. The summed E-state index contributed by atoms with van der Waals surface area (Å²) in [6.45, 7) is 2.23. The van der Waals surface area contributed by atoms with Crippen molar-refractivity contribution in [3.63, 3.8) is 0 Å². The average Bonchev–Trinajstić information content (AvgIpc) is 3.13. The van der Waals surface area contributed by atoms with Gasteiger partial charge in [0.1, 0.15) is 12.4 Å². The molecule has 0 heterocycles. The largest absolute Gasteiger partial charge is 0.489 e. The quantitative estimate of drug-likeness (QED) is 0.107. The second-order valence-corrected chi connectivity index (χ2v) is 12.8. The van der Waals surface area contributed by atoms with Crippen molar-refractivity contribution in [2.45, 2.75) is 89.7 Å². The molecule has 5 rings (SSSR count). The first-order valence-corrected chi connectivity index (χ1v) is 17.4. The highest BCUT2D eigenvalue weighted by Gasteiger charge is 2.27. The number of nitrogens with zero attached hydrogens (tertiary/aromatic N) is 1. The number of rotatable bonds is 13. The van der Waals surface area contributed by atoms with Crippen molar-refractivity contribution >= 4 is 11.9 Å². The standard InChI is InChI=1S/C41H49NO5/c1-45-40(43)17-8-9-27-42(38-15-10-14-35-29-36(41(44)46-2)24-25-37(35)38)28-26-34-13-6-7-16-39(34)47-30-33-22-20-32(21-23-33)19-18-31-11-4-3-5-12-31/h6-7,13,16,20-25,29,31,38H,3-5,8-12,14-15,17,26-28,30H2,1-2H3. The fraction of sp³-hybridized carbons (Fsp3) is 0.463. The number of methoxy groups -OCH3 is 2. The van der Waals surface area contributed by atoms with Gasteiger partial charge in [0.2, 0.25) is 0 Å². The molecule has 2 aliphatic carbocycles. The van der Waals surface area contributed by atoms with Gasteiger partial charge < -0.3 is 14.2 Å². The molecular formula is C41H49NO5. The smallest absolute Gasteiger partial charge is 0.337 e. The van der Waals surface area contributed by atoms with Crippen molar-refractivity contribution in [3.05, 3.63) is 100 Å². The summed E-state index contributed by atoms with van der Waals surface area (Å²) in [5, 5.41) is 0. The summed E-state index contributed by atoms with van der Waals surface area (Å²) in [7, 11) is 2.87. The Morgan fingerprint density at radius 2 is 1.66 bits per heavy atom. The molecule has 0 saturated heterocycles. The molecule has 248 valence electrons. The molecule has 3 aromatic rings. The van der Waals surface area contributed by atoms with E-state index in [0.29, 0.717) is 24.5 Å². The summed E-state index contributed by atoms with van der Waals surface area (Å²) < 4.78 is 16.2. The normalized spacial score (nSPS) is 16.1. The number of ether oxygens (including phenoxy) is 3. The zero-order valence-corrected chi connectivity index (χ0v) is 28.1. The molecule has 0 radical (unpaired) electrons. The Labute approximate surface area is 280 Å². The fourth-order valence-electron chi connectivity index (χ4n) is 6.92. The van der Waals surface area contributed by atoms with E-state index in [2.05, 4.69) is 65.3 Å². The van der Waals surface area contributed by atoms with Crippen molar-refractivity contribution in [2.75, 3.05) is 27.3 Å². The van der Waals surface area contributed by atoms with Crippen LogP contribution in [-0.2, 0) is 33.7 Å². The van der Waals surface area contributed by atoms with Gasteiger partial charge in [0.05, 0.1) is 19.8 Å². The van der Waals surface area contributed by atoms with Crippen LogP contribution in [0.3, 0.4) is 0 Å². The highest BCUT2D eigenvalue weighted by atomic mass is 16.5. The van der Waals surface area contributed by atoms with Gasteiger partial charge in [0.25, 0.3) is 0 Å². The molecule has 1 atom stereocenters. The van der Waals surface area contributed by atoms with Crippen molar-refractivity contribution in [2.24, 2.45) is 5.92 Å². The monoisotopic (exact) mass is 635 g/mol. The summed E-state index contributed by atoms with van der Waals surface area (Å²) >= 11 is 0. The zero-order chi connectivity index (χ0) is 32.8. The van der Waals surface area contributed by atoms with Crippen molar-refractivity contribution in [1.82, 2.24) is 4.90 Å². The second kappa shape index (κ2) is 17.7. The van der Waals surface area contributed by atoms with E-state index in [9.17, 15) is 9.59 Å². The fourth-order valence-corrected chi connectivity index (χ4v) is 6.92. The highest BCUT2D eigenvalue weighted by molar-refractivity contribution is 5.89. The Bertz CT molecular complexity index is 1530.